The Balaban J connectivity index is 1.88. The number of carboxylic acid groups (broad SMARTS) is 1. The number of amides is 1. The molecule has 1 aromatic carbocycles. The van der Waals surface area contributed by atoms with Crippen LogP contribution in [0.3, 0.4) is 0 Å². The monoisotopic (exact) mass is 297 g/mol. The van der Waals surface area contributed by atoms with Gasteiger partial charge in [0.05, 0.1) is 0 Å². The maximum atomic E-state index is 10.8. The molecule has 0 bridgehead atoms. The third-order valence-electron chi connectivity index (χ3n) is 3.30. The van der Waals surface area contributed by atoms with Crippen molar-refractivity contribution >= 4 is 22.0 Å². The smallest absolute Gasteiger partial charge is 0.407 e. The van der Waals surface area contributed by atoms with Gasteiger partial charge in [0.2, 0.25) is 0 Å². The maximum Gasteiger partial charge on any atom is 0.407 e. The Morgan fingerprint density at radius 3 is 2.71 bits per heavy atom. The van der Waals surface area contributed by atoms with E-state index >= 15 is 0 Å². The van der Waals surface area contributed by atoms with Gasteiger partial charge < -0.3 is 10.0 Å². The topological polar surface area (TPSA) is 40.5 Å². The third kappa shape index (κ3) is 3.46. The highest BCUT2D eigenvalue weighted by Gasteiger charge is 2.22. The van der Waals surface area contributed by atoms with Gasteiger partial charge in [0.15, 0.2) is 0 Å². The van der Waals surface area contributed by atoms with Crippen LogP contribution in [0.1, 0.15) is 18.4 Å². The molecule has 1 heterocycles. The second kappa shape index (κ2) is 5.54. The molecule has 0 spiro atoms. The first-order valence-corrected chi connectivity index (χ1v) is 6.67. The summed E-state index contributed by atoms with van der Waals surface area (Å²) in [5.41, 5.74) is 1.33. The quantitative estimate of drug-likeness (QED) is 0.909. The average Bonchev–Trinajstić information content (AvgIpc) is 2.29. The highest BCUT2D eigenvalue weighted by atomic mass is 79.9. The minimum absolute atomic E-state index is 0.611. The fourth-order valence-electron chi connectivity index (χ4n) is 2.33. The molecule has 1 aliphatic heterocycles. The lowest BCUT2D eigenvalue weighted by molar-refractivity contribution is 0.124. The summed E-state index contributed by atoms with van der Waals surface area (Å²) in [7, 11) is 0. The van der Waals surface area contributed by atoms with Crippen LogP contribution in [0.2, 0.25) is 0 Å². The summed E-state index contributed by atoms with van der Waals surface area (Å²) in [4.78, 5) is 12.3. The lowest BCUT2D eigenvalue weighted by Crippen LogP contribution is -2.37. The molecule has 1 N–H and O–H groups in total. The van der Waals surface area contributed by atoms with E-state index in [2.05, 4.69) is 28.1 Å². The Bertz CT molecular complexity index is 400. The van der Waals surface area contributed by atoms with Gasteiger partial charge in [0.1, 0.15) is 0 Å². The van der Waals surface area contributed by atoms with Crippen LogP contribution in [0.25, 0.3) is 0 Å². The lowest BCUT2D eigenvalue weighted by atomic mass is 9.90. The Morgan fingerprint density at radius 2 is 2.12 bits per heavy atom. The van der Waals surface area contributed by atoms with Gasteiger partial charge in [-0.15, -0.1) is 0 Å². The van der Waals surface area contributed by atoms with E-state index in [4.69, 9.17) is 5.11 Å². The number of piperidine rings is 1. The van der Waals surface area contributed by atoms with Crippen LogP contribution in [0.15, 0.2) is 28.7 Å². The summed E-state index contributed by atoms with van der Waals surface area (Å²) in [6.07, 6.45) is 2.20. The number of carbonyl (C=O) groups is 1. The van der Waals surface area contributed by atoms with Crippen molar-refractivity contribution in [3.63, 3.8) is 0 Å². The van der Waals surface area contributed by atoms with Crippen LogP contribution in [-0.2, 0) is 6.42 Å². The van der Waals surface area contributed by atoms with Crippen LogP contribution < -0.4 is 0 Å². The number of likely N-dealkylation sites (tertiary alicyclic amines) is 1. The fourth-order valence-corrected chi connectivity index (χ4v) is 2.77. The number of rotatable bonds is 2. The van der Waals surface area contributed by atoms with Crippen LogP contribution in [-0.4, -0.2) is 29.2 Å². The molecule has 1 amide bonds. The average molecular weight is 298 g/mol. The Labute approximate surface area is 110 Å². The lowest BCUT2D eigenvalue weighted by Gasteiger charge is -2.30. The van der Waals surface area contributed by atoms with Gasteiger partial charge in [-0.3, -0.25) is 0 Å². The van der Waals surface area contributed by atoms with Crippen LogP contribution in [0, 0.1) is 5.92 Å². The molecule has 2 rings (SSSR count). The molecule has 3 nitrogen and oxygen atoms in total. The standard InChI is InChI=1S/C13H16BrNO2/c14-12-3-1-2-11(9-12)8-10-4-6-15(7-5-10)13(16)17/h1-3,9-10H,4-8H2,(H,16,17). The van der Waals surface area contributed by atoms with E-state index in [9.17, 15) is 4.79 Å². The Morgan fingerprint density at radius 1 is 1.41 bits per heavy atom. The molecule has 0 aliphatic carbocycles. The minimum atomic E-state index is -0.786. The highest BCUT2D eigenvalue weighted by molar-refractivity contribution is 9.10. The van der Waals surface area contributed by atoms with Gasteiger partial charge >= 0.3 is 6.09 Å². The molecule has 17 heavy (non-hydrogen) atoms. The first kappa shape index (κ1) is 12.4. The summed E-state index contributed by atoms with van der Waals surface area (Å²) in [5, 5.41) is 8.87. The van der Waals surface area contributed by atoms with Crippen molar-refractivity contribution in [2.24, 2.45) is 5.92 Å². The number of hydrogen-bond donors (Lipinski definition) is 1. The van der Waals surface area contributed by atoms with Gasteiger partial charge in [-0.2, -0.15) is 0 Å². The zero-order chi connectivity index (χ0) is 12.3. The van der Waals surface area contributed by atoms with E-state index in [-0.39, 0.29) is 0 Å². The summed E-state index contributed by atoms with van der Waals surface area (Å²) in [5.74, 6) is 0.611. The van der Waals surface area contributed by atoms with Crippen molar-refractivity contribution in [2.75, 3.05) is 13.1 Å². The van der Waals surface area contributed by atoms with Gasteiger partial charge in [0.25, 0.3) is 0 Å². The second-order valence-corrected chi connectivity index (χ2v) is 5.46. The number of nitrogens with zero attached hydrogens (tertiary/aromatic N) is 1. The van der Waals surface area contributed by atoms with Gasteiger partial charge in [0, 0.05) is 17.6 Å². The van der Waals surface area contributed by atoms with Crippen LogP contribution in [0.5, 0.6) is 0 Å². The normalized spacial score (nSPS) is 17.1. The number of benzene rings is 1. The molecule has 0 atom stereocenters. The zero-order valence-corrected chi connectivity index (χ0v) is 11.2. The van der Waals surface area contributed by atoms with E-state index in [0.29, 0.717) is 19.0 Å². The van der Waals surface area contributed by atoms with E-state index in [1.54, 1.807) is 0 Å². The first-order valence-electron chi connectivity index (χ1n) is 5.87. The van der Waals surface area contributed by atoms with Crippen molar-refractivity contribution < 1.29 is 9.90 Å². The molecule has 0 aromatic heterocycles. The van der Waals surface area contributed by atoms with Crippen LogP contribution in [0.4, 0.5) is 4.79 Å². The molecule has 0 radical (unpaired) electrons. The fraction of sp³-hybridized carbons (Fsp3) is 0.462. The summed E-state index contributed by atoms with van der Waals surface area (Å²) >= 11 is 3.47. The molecule has 1 aliphatic rings. The summed E-state index contributed by atoms with van der Waals surface area (Å²) in [6.45, 7) is 1.35. The van der Waals surface area contributed by atoms with E-state index in [1.807, 2.05) is 12.1 Å². The molecular weight excluding hydrogens is 282 g/mol. The third-order valence-corrected chi connectivity index (χ3v) is 3.79. The van der Waals surface area contributed by atoms with Crippen LogP contribution >= 0.6 is 15.9 Å². The van der Waals surface area contributed by atoms with Gasteiger partial charge in [-0.25, -0.2) is 4.79 Å². The largest absolute Gasteiger partial charge is 0.465 e. The van der Waals surface area contributed by atoms with E-state index in [0.717, 1.165) is 23.7 Å². The van der Waals surface area contributed by atoms with E-state index in [1.165, 1.54) is 10.5 Å². The molecule has 92 valence electrons. The van der Waals surface area contributed by atoms with Crippen molar-refractivity contribution in [1.82, 2.24) is 4.90 Å². The Hall–Kier alpha value is -1.03. The molecule has 1 aromatic rings. The maximum absolute atomic E-state index is 10.8. The van der Waals surface area contributed by atoms with Gasteiger partial charge in [-0.05, 0) is 42.9 Å². The second-order valence-electron chi connectivity index (χ2n) is 4.55. The van der Waals surface area contributed by atoms with Crippen molar-refractivity contribution in [3.05, 3.63) is 34.3 Å². The molecule has 0 unspecified atom stereocenters. The van der Waals surface area contributed by atoms with Crippen molar-refractivity contribution in [1.29, 1.82) is 0 Å². The minimum Gasteiger partial charge on any atom is -0.465 e. The molecule has 0 saturated carbocycles. The van der Waals surface area contributed by atoms with E-state index < -0.39 is 6.09 Å². The zero-order valence-electron chi connectivity index (χ0n) is 9.60. The predicted molar refractivity (Wildman–Crippen MR) is 70.2 cm³/mol. The Kier molecular flexibility index (Phi) is 4.05. The summed E-state index contributed by atoms with van der Waals surface area (Å²) < 4.78 is 1.11. The number of hydrogen-bond acceptors (Lipinski definition) is 1. The van der Waals surface area contributed by atoms with Crippen molar-refractivity contribution in [2.45, 2.75) is 19.3 Å². The van der Waals surface area contributed by atoms with Gasteiger partial charge in [-0.1, -0.05) is 28.1 Å². The highest BCUT2D eigenvalue weighted by Crippen LogP contribution is 2.23. The SMILES string of the molecule is O=C(O)N1CCC(Cc2cccc(Br)c2)CC1. The predicted octanol–water partition coefficient (Wildman–Crippen LogP) is 3.38. The number of halogens is 1. The summed E-state index contributed by atoms with van der Waals surface area (Å²) in [6, 6.07) is 8.35. The first-order chi connectivity index (χ1) is 8.15. The van der Waals surface area contributed by atoms with Crippen molar-refractivity contribution in [3.8, 4) is 0 Å². The molecule has 4 heteroatoms. The molecular formula is C13H16BrNO2. The molecule has 1 fully saturated rings. The molecule has 1 saturated heterocycles.